The Morgan fingerprint density at radius 3 is 1.06 bits per heavy atom. The highest BCUT2D eigenvalue weighted by molar-refractivity contribution is 7.17. The summed E-state index contributed by atoms with van der Waals surface area (Å²) in [6, 6.07) is 19.9. The molecule has 7 aliphatic carbocycles. The summed E-state index contributed by atoms with van der Waals surface area (Å²) < 4.78 is 0. The standard InChI is InChI=1S/C22H27N3O3S.C22H28N2O2S.C21H27N3O3S.C21H27N3O2S.C19H23N3O3S/c1-21(2)10-11-22(3,4)17-16(21)24-20(29-17)25(18(26)13-6-5-7-13)15-9-8-14(12-23-15)19(27)28;1-14(2)13-24(16-9-7-15(8-10-16)19(25)26)20-23-17-18(27-20)22(5,6)12-11-21(17,3)4;1-20(2)9-14(25)21(3,4)16-17(20)28-19(23-16)24(11-12-5-6-12)15-8-7-13(10-22-15)18(26)27;1-13(2)12-24(15-8-7-14(11-22-15)18(25)26)19-23-16-17(27-19)21(5,6)10-9-20(16,3)4;1-11(23)22(13-7-6-12(10-20-13)16(24)25)17-21-14-15(26-17)19(4,5)9-8-18(14,2)3/h8-9,12-13H,5-7,10-11H2,1-4H3,(H,27,28);7-12,14H,13H2,1-6H3,(H,25,26);7-8,10,12,14,25H,5-6,9,11H2,1-4H3,(H,26,27);7-11,13H,12H2,1-6H3,(H,25,26);6-7,10H,8-9H2,1-5H3,(H,24,25). The smallest absolute Gasteiger partial charge is 0.337 e. The lowest BCUT2D eigenvalue weighted by Crippen LogP contribution is -2.44. The second-order valence-corrected chi connectivity index (χ2v) is 49.1. The second kappa shape index (κ2) is 39.1. The maximum Gasteiger partial charge on any atom is 0.337 e. The monoisotopic (exact) mass is 1960 g/mol. The van der Waals surface area contributed by atoms with Gasteiger partial charge in [0, 0.05) is 141 Å². The number of aliphatic hydroxyl groups is 1. The molecule has 2 fully saturated rings. The van der Waals surface area contributed by atoms with Gasteiger partial charge in [0.25, 0.3) is 0 Å². The number of amides is 2. The number of carbonyl (C=O) groups excluding carboxylic acids is 2. The van der Waals surface area contributed by atoms with Crippen molar-refractivity contribution < 1.29 is 64.2 Å². The Morgan fingerprint density at radius 1 is 0.365 bits per heavy atom. The van der Waals surface area contributed by atoms with Crippen LogP contribution >= 0.6 is 56.7 Å². The van der Waals surface area contributed by atoms with E-state index in [0.717, 1.165) is 126 Å². The molecule has 32 heteroatoms. The minimum Gasteiger partial charge on any atom is -0.478 e. The summed E-state index contributed by atoms with van der Waals surface area (Å²) in [5.41, 5.74) is 6.33. The first kappa shape index (κ1) is 103. The molecule has 7 aliphatic rings. The molecule has 0 spiro atoms. The van der Waals surface area contributed by atoms with Gasteiger partial charge in [-0.05, 0) is 148 Å². The Balaban J connectivity index is 0.000000145. The van der Waals surface area contributed by atoms with Crippen molar-refractivity contribution >= 4 is 153 Å². The molecule has 2 saturated carbocycles. The molecule has 10 aromatic rings. The van der Waals surface area contributed by atoms with Crippen molar-refractivity contribution in [1.29, 1.82) is 0 Å². The number of aromatic nitrogens is 9. The van der Waals surface area contributed by atoms with Crippen LogP contribution in [0, 0.1) is 23.7 Å². The topological polar surface area (TPSA) is 373 Å². The van der Waals surface area contributed by atoms with Crippen LogP contribution in [0.15, 0.2) is 122 Å². The van der Waals surface area contributed by atoms with Gasteiger partial charge in [0.2, 0.25) is 11.8 Å². The van der Waals surface area contributed by atoms with E-state index in [1.807, 2.05) is 12.1 Å². The van der Waals surface area contributed by atoms with Crippen LogP contribution in [0.5, 0.6) is 0 Å². The zero-order valence-electron chi connectivity index (χ0n) is 83.5. The lowest BCUT2D eigenvalue weighted by atomic mass is 9.67. The quantitative estimate of drug-likeness (QED) is 0.0343. The molecule has 0 radical (unpaired) electrons. The fourth-order valence-corrected chi connectivity index (χ4v) is 24.3. The summed E-state index contributed by atoms with van der Waals surface area (Å²) in [7, 11) is 0. The van der Waals surface area contributed by atoms with E-state index in [1.54, 1.807) is 98.8 Å². The molecule has 6 N–H and O–H groups in total. The largest absolute Gasteiger partial charge is 0.478 e. The maximum absolute atomic E-state index is 13.3. The van der Waals surface area contributed by atoms with Crippen LogP contribution in [0.25, 0.3) is 0 Å². The van der Waals surface area contributed by atoms with Crippen molar-refractivity contribution in [2.24, 2.45) is 23.7 Å². The van der Waals surface area contributed by atoms with Gasteiger partial charge in [0.1, 0.15) is 23.3 Å². The third-order valence-electron chi connectivity index (χ3n) is 27.0. The second-order valence-electron chi connectivity index (χ2n) is 44.2. The van der Waals surface area contributed by atoms with E-state index in [-0.39, 0.29) is 88.7 Å². The van der Waals surface area contributed by atoms with Crippen LogP contribution in [0.4, 0.5) is 54.6 Å². The predicted molar refractivity (Wildman–Crippen MR) is 547 cm³/mol. The number of carbonyl (C=O) groups is 7. The zero-order chi connectivity index (χ0) is 100. The third kappa shape index (κ3) is 22.4. The first-order valence-corrected chi connectivity index (χ1v) is 51.1. The van der Waals surface area contributed by atoms with E-state index >= 15 is 0 Å². The Kier molecular flexibility index (Phi) is 29.5. The Bertz CT molecular complexity index is 5940. The molecular weight excluding hydrogens is 1830 g/mol. The number of aromatic carboxylic acids is 5. The Labute approximate surface area is 824 Å². The highest BCUT2D eigenvalue weighted by Gasteiger charge is 2.50. The van der Waals surface area contributed by atoms with Crippen molar-refractivity contribution in [2.45, 2.75) is 298 Å². The first-order chi connectivity index (χ1) is 63.7. The molecule has 0 aliphatic heterocycles. The highest BCUT2D eigenvalue weighted by atomic mass is 32.1. The van der Waals surface area contributed by atoms with E-state index in [4.69, 9.17) is 40.2 Å². The lowest BCUT2D eigenvalue weighted by molar-refractivity contribution is -0.124. The van der Waals surface area contributed by atoms with Gasteiger partial charge >= 0.3 is 29.8 Å². The molecule has 17 rings (SSSR count). The SMILES string of the molecule is CC(=O)N(c1ccc(C(=O)O)cn1)c1nc2c(s1)C(C)(C)CCC2(C)C.CC(C)CN(c1ccc(C(=O)O)cc1)c1nc2c(s1)C(C)(C)C=CC2(C)C.CC(C)CN(c1ccc(C(=O)O)cn1)c1nc2c(s1)C(C)(C)C=CC2(C)C.CC1(C)CC(O)C(C)(C)c2nc(N(CC3CC3)c3ccc(C(=O)O)cn3)sc21.CC1(C)CCC(C)(C)c2sc(N(C(=O)C3CCC3)c3ccc(C(=O)O)cn3)nc21. The molecule has 9 aromatic heterocycles. The number of anilines is 10. The third-order valence-corrected chi connectivity index (χ3v) is 34.1. The van der Waals surface area contributed by atoms with Crippen molar-refractivity contribution in [3.63, 3.8) is 0 Å². The number of carboxylic acids is 5. The molecule has 1 aromatic carbocycles. The molecule has 0 saturated heterocycles. The number of nitrogens with zero attached hydrogens (tertiary/aromatic N) is 14. The summed E-state index contributed by atoms with van der Waals surface area (Å²) in [6.45, 7) is 56.3. The van der Waals surface area contributed by atoms with Gasteiger partial charge in [0.05, 0.1) is 62.4 Å². The summed E-state index contributed by atoms with van der Waals surface area (Å²) in [5, 5.41) is 60.4. The zero-order valence-corrected chi connectivity index (χ0v) is 87.6. The van der Waals surface area contributed by atoms with Crippen LogP contribution in [-0.4, -0.2) is 143 Å². The Hall–Kier alpha value is -10.9. The van der Waals surface area contributed by atoms with Crippen LogP contribution in [0.3, 0.4) is 0 Å². The Morgan fingerprint density at radius 2 is 0.693 bits per heavy atom. The van der Waals surface area contributed by atoms with E-state index in [0.29, 0.717) is 51.6 Å². The summed E-state index contributed by atoms with van der Waals surface area (Å²) in [4.78, 5) is 139. The van der Waals surface area contributed by atoms with Crippen molar-refractivity contribution in [2.75, 3.05) is 44.1 Å². The van der Waals surface area contributed by atoms with E-state index < -0.39 is 41.4 Å². The highest BCUT2D eigenvalue weighted by Crippen LogP contribution is 2.56. The minimum atomic E-state index is -1.05. The van der Waals surface area contributed by atoms with Gasteiger partial charge in [-0.15, -0.1) is 56.7 Å². The van der Waals surface area contributed by atoms with Gasteiger partial charge in [-0.2, -0.15) is 0 Å². The first-order valence-electron chi connectivity index (χ1n) is 47.0. The van der Waals surface area contributed by atoms with Crippen LogP contribution < -0.4 is 24.5 Å². The fourth-order valence-electron chi connectivity index (χ4n) is 17.5. The molecule has 1 unspecified atom stereocenters. The van der Waals surface area contributed by atoms with E-state index in [9.17, 15) is 48.9 Å². The number of hydrogen-bond acceptors (Lipinski definition) is 25. The number of pyridine rings is 4. The van der Waals surface area contributed by atoms with Gasteiger partial charge in [-0.1, -0.05) is 197 Å². The van der Waals surface area contributed by atoms with Crippen molar-refractivity contribution in [3.05, 3.63) is 203 Å². The van der Waals surface area contributed by atoms with E-state index in [2.05, 4.69) is 225 Å². The molecule has 9 heterocycles. The number of hydrogen-bond donors (Lipinski definition) is 6. The molecule has 1 atom stereocenters. The summed E-state index contributed by atoms with van der Waals surface area (Å²) in [5.74, 6) is -1.41. The average molecular weight is 1960 g/mol. The molecule has 2 amide bonds. The number of benzene rings is 1. The van der Waals surface area contributed by atoms with Gasteiger partial charge in [-0.25, -0.2) is 78.6 Å². The molecule has 0 bridgehead atoms. The number of thiazole rings is 5. The molecule has 137 heavy (non-hydrogen) atoms. The molecular formula is C105H132N14O13S5. The van der Waals surface area contributed by atoms with Gasteiger partial charge in [-0.3, -0.25) is 9.59 Å². The van der Waals surface area contributed by atoms with Gasteiger partial charge < -0.3 is 45.3 Å². The molecule has 27 nitrogen and oxygen atoms in total. The van der Waals surface area contributed by atoms with Crippen LogP contribution in [0.1, 0.15) is 342 Å². The summed E-state index contributed by atoms with van der Waals surface area (Å²) >= 11 is 8.23. The fraction of sp³-hybridized carbons (Fsp3) is 0.505. The van der Waals surface area contributed by atoms with Crippen molar-refractivity contribution in [3.8, 4) is 0 Å². The number of allylic oxidation sites excluding steroid dienone is 4. The number of fused-ring (bicyclic) bond motifs is 5. The minimum absolute atomic E-state index is 0.00790. The normalized spacial score (nSPS) is 18.8. The van der Waals surface area contributed by atoms with Crippen LogP contribution in [-0.2, 0) is 63.7 Å². The van der Waals surface area contributed by atoms with Gasteiger partial charge in [0.15, 0.2) is 25.7 Å². The van der Waals surface area contributed by atoms with Crippen molar-refractivity contribution in [1.82, 2.24) is 44.9 Å². The van der Waals surface area contributed by atoms with E-state index in [1.165, 1.54) is 97.3 Å². The number of carboxylic acid groups (broad SMARTS) is 5. The molecule has 730 valence electrons. The number of aliphatic hydroxyl groups excluding tert-OH is 1. The average Bonchev–Trinajstić information content (AvgIpc) is 1.68. The summed E-state index contributed by atoms with van der Waals surface area (Å²) in [6.07, 6.45) is 24.2. The number of rotatable bonds is 22. The lowest BCUT2D eigenvalue weighted by Gasteiger charge is -2.41. The maximum atomic E-state index is 13.3. The predicted octanol–water partition coefficient (Wildman–Crippen LogP) is 24.3. The van der Waals surface area contributed by atoms with Crippen LogP contribution in [0.2, 0.25) is 0 Å².